The van der Waals surface area contributed by atoms with Crippen molar-refractivity contribution in [2.75, 3.05) is 24.5 Å². The number of carboxylic acid groups (broad SMARTS) is 1. The molecule has 0 saturated carbocycles. The van der Waals surface area contributed by atoms with Crippen molar-refractivity contribution in [3.05, 3.63) is 34.7 Å². The molecule has 1 amide bonds. The van der Waals surface area contributed by atoms with Gasteiger partial charge in [-0.3, -0.25) is 14.5 Å². The van der Waals surface area contributed by atoms with Gasteiger partial charge in [0.25, 0.3) is 5.91 Å². The zero-order valence-corrected chi connectivity index (χ0v) is 16.0. The number of anilines is 1. The van der Waals surface area contributed by atoms with Gasteiger partial charge in [0.05, 0.1) is 4.91 Å². The van der Waals surface area contributed by atoms with Crippen LogP contribution in [-0.4, -0.2) is 45.8 Å². The molecule has 5 nitrogen and oxygen atoms in total. The van der Waals surface area contributed by atoms with Crippen LogP contribution in [0.3, 0.4) is 0 Å². The number of carbonyl (C=O) groups is 2. The minimum Gasteiger partial charge on any atom is -0.481 e. The highest BCUT2D eigenvalue weighted by atomic mass is 32.2. The summed E-state index contributed by atoms with van der Waals surface area (Å²) in [7, 11) is 0. The highest BCUT2D eigenvalue weighted by Gasteiger charge is 2.31. The van der Waals surface area contributed by atoms with Crippen LogP contribution < -0.4 is 4.90 Å². The minimum atomic E-state index is -0.866. The smallest absolute Gasteiger partial charge is 0.303 e. The van der Waals surface area contributed by atoms with E-state index in [1.165, 1.54) is 16.7 Å². The molecule has 0 aromatic heterocycles. The number of carbonyl (C=O) groups excluding carboxylic acids is 1. The summed E-state index contributed by atoms with van der Waals surface area (Å²) in [6, 6.07) is 8.08. The second kappa shape index (κ2) is 9.01. The summed E-state index contributed by atoms with van der Waals surface area (Å²) in [4.78, 5) is 27.4. The van der Waals surface area contributed by atoms with Gasteiger partial charge in [-0.25, -0.2) is 0 Å². The van der Waals surface area contributed by atoms with E-state index in [1.807, 2.05) is 30.3 Å². The normalized spacial score (nSPS) is 15.9. The summed E-state index contributed by atoms with van der Waals surface area (Å²) in [5.74, 6) is -1.01. The molecule has 1 N–H and O–H groups in total. The Kier molecular flexibility index (Phi) is 7.01. The maximum Gasteiger partial charge on any atom is 0.303 e. The number of rotatable bonds is 8. The third kappa shape index (κ3) is 5.06. The molecule has 2 rings (SSSR count). The molecule has 0 atom stereocenters. The van der Waals surface area contributed by atoms with Crippen LogP contribution in [0.5, 0.6) is 0 Å². The first-order valence-corrected chi connectivity index (χ1v) is 9.50. The topological polar surface area (TPSA) is 60.9 Å². The monoisotopic (exact) mass is 378 g/mol. The molecular formula is C18H22N2O3S2. The van der Waals surface area contributed by atoms with Crippen LogP contribution in [0.25, 0.3) is 6.08 Å². The second-order valence-electron chi connectivity index (χ2n) is 5.59. The van der Waals surface area contributed by atoms with Crippen LogP contribution >= 0.6 is 24.0 Å². The molecule has 0 bridgehead atoms. The number of nitrogens with zero attached hydrogens (tertiary/aromatic N) is 2. The van der Waals surface area contributed by atoms with Gasteiger partial charge in [0.2, 0.25) is 0 Å². The van der Waals surface area contributed by atoms with Gasteiger partial charge >= 0.3 is 5.97 Å². The predicted octanol–water partition coefficient (Wildman–Crippen LogP) is 3.60. The maximum absolute atomic E-state index is 12.5. The summed E-state index contributed by atoms with van der Waals surface area (Å²) >= 11 is 6.52. The molecule has 0 aliphatic carbocycles. The Labute approximate surface area is 157 Å². The fourth-order valence-electron chi connectivity index (χ4n) is 2.60. The second-order valence-corrected chi connectivity index (χ2v) is 7.27. The van der Waals surface area contributed by atoms with Gasteiger partial charge in [-0.1, -0.05) is 36.1 Å². The lowest BCUT2D eigenvalue weighted by Gasteiger charge is -2.20. The van der Waals surface area contributed by atoms with Gasteiger partial charge in [-0.15, -0.1) is 0 Å². The van der Waals surface area contributed by atoms with Crippen molar-refractivity contribution >= 4 is 51.9 Å². The first-order valence-electron chi connectivity index (χ1n) is 8.28. The third-order valence-electron chi connectivity index (χ3n) is 3.97. The zero-order chi connectivity index (χ0) is 18.4. The van der Waals surface area contributed by atoms with Gasteiger partial charge < -0.3 is 10.0 Å². The molecule has 1 saturated heterocycles. The largest absolute Gasteiger partial charge is 0.481 e. The molecule has 0 radical (unpaired) electrons. The van der Waals surface area contributed by atoms with Gasteiger partial charge in [-0.05, 0) is 44.0 Å². The molecule has 25 heavy (non-hydrogen) atoms. The first-order chi connectivity index (χ1) is 12.0. The van der Waals surface area contributed by atoms with Gasteiger partial charge in [-0.2, -0.15) is 0 Å². The average molecular weight is 379 g/mol. The van der Waals surface area contributed by atoms with Crippen molar-refractivity contribution in [2.24, 2.45) is 0 Å². The van der Waals surface area contributed by atoms with Crippen molar-refractivity contribution in [1.82, 2.24) is 4.90 Å². The molecule has 0 spiro atoms. The van der Waals surface area contributed by atoms with E-state index in [-0.39, 0.29) is 12.3 Å². The van der Waals surface area contributed by atoms with Crippen LogP contribution in [0.4, 0.5) is 5.69 Å². The van der Waals surface area contributed by atoms with Crippen LogP contribution in [0.15, 0.2) is 29.2 Å². The Balaban J connectivity index is 2.07. The molecule has 1 fully saturated rings. The highest BCUT2D eigenvalue weighted by molar-refractivity contribution is 8.26. The van der Waals surface area contributed by atoms with Crippen molar-refractivity contribution in [3.8, 4) is 0 Å². The molecule has 134 valence electrons. The van der Waals surface area contributed by atoms with E-state index in [2.05, 4.69) is 18.7 Å². The molecule has 1 aromatic rings. The molecular weight excluding hydrogens is 356 g/mol. The Morgan fingerprint density at radius 1 is 1.28 bits per heavy atom. The first kappa shape index (κ1) is 19.5. The van der Waals surface area contributed by atoms with Crippen LogP contribution in [0, 0.1) is 0 Å². The number of carboxylic acids is 1. The summed E-state index contributed by atoms with van der Waals surface area (Å²) in [6.45, 7) is 6.48. The van der Waals surface area contributed by atoms with E-state index in [4.69, 9.17) is 17.3 Å². The van der Waals surface area contributed by atoms with Crippen molar-refractivity contribution < 1.29 is 14.7 Å². The zero-order valence-electron chi connectivity index (χ0n) is 14.4. The molecule has 1 heterocycles. The summed E-state index contributed by atoms with van der Waals surface area (Å²) in [5.41, 5.74) is 2.10. The SMILES string of the molecule is CCN(CC)c1ccc(C=C2SC(=S)N(CCCC(=O)O)C2=O)cc1. The van der Waals surface area contributed by atoms with Crippen LogP contribution in [0.2, 0.25) is 0 Å². The minimum absolute atomic E-state index is 0.0307. The van der Waals surface area contributed by atoms with Crippen molar-refractivity contribution in [3.63, 3.8) is 0 Å². The lowest BCUT2D eigenvalue weighted by Crippen LogP contribution is -2.29. The van der Waals surface area contributed by atoms with Crippen LogP contribution in [-0.2, 0) is 9.59 Å². The van der Waals surface area contributed by atoms with Crippen molar-refractivity contribution in [2.45, 2.75) is 26.7 Å². The van der Waals surface area contributed by atoms with Crippen LogP contribution in [0.1, 0.15) is 32.3 Å². The molecule has 1 aromatic carbocycles. The standard InChI is InChI=1S/C18H22N2O3S2/c1-3-19(4-2)14-9-7-13(8-10-14)12-15-17(23)20(18(24)25-15)11-5-6-16(21)22/h7-10,12H,3-6,11H2,1-2H3,(H,21,22). The molecule has 1 aliphatic rings. The van der Waals surface area contributed by atoms with Gasteiger partial charge in [0.15, 0.2) is 0 Å². The molecule has 1 aliphatic heterocycles. The fourth-order valence-corrected chi connectivity index (χ4v) is 3.91. The van der Waals surface area contributed by atoms with E-state index < -0.39 is 5.97 Å². The number of hydrogen-bond donors (Lipinski definition) is 1. The number of hydrogen-bond acceptors (Lipinski definition) is 5. The number of amides is 1. The Bertz CT molecular complexity index is 682. The van der Waals surface area contributed by atoms with E-state index in [9.17, 15) is 9.59 Å². The van der Waals surface area contributed by atoms with Gasteiger partial charge in [0, 0.05) is 31.7 Å². The lowest BCUT2D eigenvalue weighted by molar-refractivity contribution is -0.137. The van der Waals surface area contributed by atoms with E-state index >= 15 is 0 Å². The third-order valence-corrected chi connectivity index (χ3v) is 5.34. The molecule has 0 unspecified atom stereocenters. The Hall–Kier alpha value is -1.86. The number of aliphatic carboxylic acids is 1. The summed E-state index contributed by atoms with van der Waals surface area (Å²) < 4.78 is 0.487. The highest BCUT2D eigenvalue weighted by Crippen LogP contribution is 2.33. The maximum atomic E-state index is 12.5. The quantitative estimate of drug-likeness (QED) is 0.551. The average Bonchev–Trinajstić information content (AvgIpc) is 2.84. The van der Waals surface area contributed by atoms with E-state index in [0.717, 1.165) is 24.3 Å². The van der Waals surface area contributed by atoms with Gasteiger partial charge in [0.1, 0.15) is 4.32 Å². The van der Waals surface area contributed by atoms with E-state index in [1.54, 1.807) is 0 Å². The number of benzene rings is 1. The number of thioether (sulfide) groups is 1. The van der Waals surface area contributed by atoms with Crippen molar-refractivity contribution in [1.29, 1.82) is 0 Å². The molecule has 7 heteroatoms. The summed E-state index contributed by atoms with van der Waals surface area (Å²) in [6.07, 6.45) is 2.26. The Morgan fingerprint density at radius 2 is 1.92 bits per heavy atom. The predicted molar refractivity (Wildman–Crippen MR) is 107 cm³/mol. The summed E-state index contributed by atoms with van der Waals surface area (Å²) in [5, 5.41) is 8.71. The van der Waals surface area contributed by atoms with E-state index in [0.29, 0.717) is 22.2 Å². The number of thiocarbonyl (C=S) groups is 1. The Morgan fingerprint density at radius 3 is 2.48 bits per heavy atom. The fraction of sp³-hybridized carbons (Fsp3) is 0.389. The lowest BCUT2D eigenvalue weighted by atomic mass is 10.1.